The molecule has 5 nitrogen and oxygen atoms in total. The SMILES string of the molecule is CNC(=O)c1ccc(OC)cc1OC(=O)c1ccccc1. The lowest BCUT2D eigenvalue weighted by molar-refractivity contribution is 0.0732. The summed E-state index contributed by atoms with van der Waals surface area (Å²) in [5, 5.41) is 2.50. The van der Waals surface area contributed by atoms with Gasteiger partial charge in [-0.2, -0.15) is 0 Å². The molecule has 2 aromatic rings. The van der Waals surface area contributed by atoms with E-state index in [1.54, 1.807) is 42.5 Å². The third-order valence-corrected chi connectivity index (χ3v) is 2.87. The largest absolute Gasteiger partial charge is 0.497 e. The average molecular weight is 285 g/mol. The fraction of sp³-hybridized carbons (Fsp3) is 0.125. The first-order valence-electron chi connectivity index (χ1n) is 6.33. The van der Waals surface area contributed by atoms with Crippen LogP contribution in [0.2, 0.25) is 0 Å². The van der Waals surface area contributed by atoms with Crippen LogP contribution in [0.25, 0.3) is 0 Å². The zero-order chi connectivity index (χ0) is 15.2. The van der Waals surface area contributed by atoms with Gasteiger partial charge in [0.15, 0.2) is 0 Å². The molecule has 5 heteroatoms. The first kappa shape index (κ1) is 14.6. The molecule has 108 valence electrons. The predicted molar refractivity (Wildman–Crippen MR) is 77.8 cm³/mol. The molecule has 0 unspecified atom stereocenters. The second kappa shape index (κ2) is 6.56. The van der Waals surface area contributed by atoms with Crippen LogP contribution in [-0.2, 0) is 0 Å². The number of esters is 1. The summed E-state index contributed by atoms with van der Waals surface area (Å²) in [6.45, 7) is 0. The minimum absolute atomic E-state index is 0.155. The number of nitrogens with one attached hydrogen (secondary N) is 1. The number of carbonyl (C=O) groups is 2. The zero-order valence-corrected chi connectivity index (χ0v) is 11.8. The fourth-order valence-corrected chi connectivity index (χ4v) is 1.77. The van der Waals surface area contributed by atoms with Gasteiger partial charge in [-0.1, -0.05) is 18.2 Å². The molecule has 0 bridgehead atoms. The van der Waals surface area contributed by atoms with Gasteiger partial charge < -0.3 is 14.8 Å². The molecule has 0 heterocycles. The molecule has 0 atom stereocenters. The molecule has 0 saturated carbocycles. The molecular weight excluding hydrogens is 270 g/mol. The molecule has 2 aromatic carbocycles. The van der Waals surface area contributed by atoms with Crippen molar-refractivity contribution >= 4 is 11.9 Å². The van der Waals surface area contributed by atoms with Crippen molar-refractivity contribution in [2.75, 3.05) is 14.2 Å². The van der Waals surface area contributed by atoms with Gasteiger partial charge in [-0.3, -0.25) is 4.79 Å². The summed E-state index contributed by atoms with van der Waals surface area (Å²) < 4.78 is 10.4. The number of hydrogen-bond acceptors (Lipinski definition) is 4. The first-order chi connectivity index (χ1) is 10.2. The summed E-state index contributed by atoms with van der Waals surface area (Å²) in [4.78, 5) is 23.9. The molecule has 2 rings (SSSR count). The lowest BCUT2D eigenvalue weighted by atomic mass is 10.1. The van der Waals surface area contributed by atoms with Crippen molar-refractivity contribution in [1.82, 2.24) is 5.32 Å². The molecule has 21 heavy (non-hydrogen) atoms. The van der Waals surface area contributed by atoms with Gasteiger partial charge in [0, 0.05) is 13.1 Å². The van der Waals surface area contributed by atoms with Crippen LogP contribution in [0.4, 0.5) is 0 Å². The number of hydrogen-bond donors (Lipinski definition) is 1. The standard InChI is InChI=1S/C16H15NO4/c1-17-15(18)13-9-8-12(20-2)10-14(13)21-16(19)11-6-4-3-5-7-11/h3-10H,1-2H3,(H,17,18). The second-order valence-electron chi connectivity index (χ2n) is 4.20. The van der Waals surface area contributed by atoms with E-state index in [2.05, 4.69) is 5.32 Å². The maximum Gasteiger partial charge on any atom is 0.343 e. The van der Waals surface area contributed by atoms with E-state index in [0.29, 0.717) is 11.3 Å². The predicted octanol–water partition coefficient (Wildman–Crippen LogP) is 2.27. The normalized spacial score (nSPS) is 9.81. The van der Waals surface area contributed by atoms with Gasteiger partial charge in [-0.05, 0) is 24.3 Å². The van der Waals surface area contributed by atoms with Crippen LogP contribution in [0.5, 0.6) is 11.5 Å². The molecule has 0 radical (unpaired) electrons. The molecule has 0 spiro atoms. The smallest absolute Gasteiger partial charge is 0.343 e. The van der Waals surface area contributed by atoms with E-state index in [1.807, 2.05) is 0 Å². The maximum absolute atomic E-state index is 12.1. The third-order valence-electron chi connectivity index (χ3n) is 2.87. The monoisotopic (exact) mass is 285 g/mol. The molecule has 0 fully saturated rings. The molecule has 0 saturated heterocycles. The summed E-state index contributed by atoms with van der Waals surface area (Å²) in [6, 6.07) is 13.2. The van der Waals surface area contributed by atoms with E-state index < -0.39 is 5.97 Å². The first-order valence-corrected chi connectivity index (χ1v) is 6.33. The topological polar surface area (TPSA) is 64.6 Å². The molecule has 1 amide bonds. The van der Waals surface area contributed by atoms with Crippen molar-refractivity contribution < 1.29 is 19.1 Å². The van der Waals surface area contributed by atoms with Gasteiger partial charge in [-0.25, -0.2) is 4.79 Å². The highest BCUT2D eigenvalue weighted by Crippen LogP contribution is 2.25. The van der Waals surface area contributed by atoms with Gasteiger partial charge in [-0.15, -0.1) is 0 Å². The Kier molecular flexibility index (Phi) is 4.56. The fourth-order valence-electron chi connectivity index (χ4n) is 1.77. The van der Waals surface area contributed by atoms with E-state index in [9.17, 15) is 9.59 Å². The Bertz CT molecular complexity index is 653. The van der Waals surface area contributed by atoms with Crippen LogP contribution in [0.15, 0.2) is 48.5 Å². The van der Waals surface area contributed by atoms with Crippen molar-refractivity contribution in [2.45, 2.75) is 0 Å². The van der Waals surface area contributed by atoms with E-state index >= 15 is 0 Å². The van der Waals surface area contributed by atoms with Gasteiger partial charge in [0.25, 0.3) is 5.91 Å². The van der Waals surface area contributed by atoms with E-state index in [-0.39, 0.29) is 17.2 Å². The van der Waals surface area contributed by atoms with E-state index in [4.69, 9.17) is 9.47 Å². The van der Waals surface area contributed by atoms with Crippen molar-refractivity contribution in [3.8, 4) is 11.5 Å². The van der Waals surface area contributed by atoms with E-state index in [0.717, 1.165) is 0 Å². The summed E-state index contributed by atoms with van der Waals surface area (Å²) in [6.07, 6.45) is 0. The van der Waals surface area contributed by atoms with Crippen molar-refractivity contribution in [3.05, 3.63) is 59.7 Å². The molecule has 0 aliphatic rings. The molecule has 0 aromatic heterocycles. The Morgan fingerprint density at radius 1 is 1.05 bits per heavy atom. The van der Waals surface area contributed by atoms with Crippen LogP contribution in [0, 0.1) is 0 Å². The number of carbonyl (C=O) groups excluding carboxylic acids is 2. The molecule has 0 aliphatic carbocycles. The summed E-state index contributed by atoms with van der Waals surface area (Å²) in [5.41, 5.74) is 0.672. The van der Waals surface area contributed by atoms with Crippen molar-refractivity contribution in [2.24, 2.45) is 0 Å². The van der Waals surface area contributed by atoms with Gasteiger partial charge in [0.2, 0.25) is 0 Å². The second-order valence-corrected chi connectivity index (χ2v) is 4.20. The highest BCUT2D eigenvalue weighted by molar-refractivity contribution is 5.99. The zero-order valence-electron chi connectivity index (χ0n) is 11.8. The Morgan fingerprint density at radius 3 is 2.38 bits per heavy atom. The van der Waals surface area contributed by atoms with Crippen LogP contribution >= 0.6 is 0 Å². The number of benzene rings is 2. The maximum atomic E-state index is 12.1. The number of ether oxygens (including phenoxy) is 2. The van der Waals surface area contributed by atoms with Gasteiger partial charge in [0.05, 0.1) is 18.2 Å². The number of amides is 1. The van der Waals surface area contributed by atoms with Gasteiger partial charge in [0.1, 0.15) is 11.5 Å². The highest BCUT2D eigenvalue weighted by Gasteiger charge is 2.16. The summed E-state index contributed by atoms with van der Waals surface area (Å²) in [5.74, 6) is -0.219. The third kappa shape index (κ3) is 3.39. The Balaban J connectivity index is 2.33. The van der Waals surface area contributed by atoms with Crippen molar-refractivity contribution in [3.63, 3.8) is 0 Å². The van der Waals surface area contributed by atoms with Crippen LogP contribution < -0.4 is 14.8 Å². The lowest BCUT2D eigenvalue weighted by Gasteiger charge is -2.11. The lowest BCUT2D eigenvalue weighted by Crippen LogP contribution is -2.20. The van der Waals surface area contributed by atoms with Crippen LogP contribution in [0.3, 0.4) is 0 Å². The number of rotatable bonds is 4. The van der Waals surface area contributed by atoms with Crippen LogP contribution in [-0.4, -0.2) is 26.0 Å². The van der Waals surface area contributed by atoms with E-state index in [1.165, 1.54) is 20.2 Å². The molecular formula is C16H15NO4. The average Bonchev–Trinajstić information content (AvgIpc) is 2.54. The van der Waals surface area contributed by atoms with Gasteiger partial charge >= 0.3 is 5.97 Å². The minimum atomic E-state index is -0.533. The Hall–Kier alpha value is -2.82. The summed E-state index contributed by atoms with van der Waals surface area (Å²) in [7, 11) is 3.01. The Morgan fingerprint density at radius 2 is 1.76 bits per heavy atom. The number of methoxy groups -OCH3 is 1. The quantitative estimate of drug-likeness (QED) is 0.691. The Labute approximate surface area is 122 Å². The molecule has 0 aliphatic heterocycles. The minimum Gasteiger partial charge on any atom is -0.497 e. The molecule has 1 N–H and O–H groups in total. The summed E-state index contributed by atoms with van der Waals surface area (Å²) >= 11 is 0. The van der Waals surface area contributed by atoms with Crippen molar-refractivity contribution in [1.29, 1.82) is 0 Å². The highest BCUT2D eigenvalue weighted by atomic mass is 16.5. The van der Waals surface area contributed by atoms with Crippen LogP contribution in [0.1, 0.15) is 20.7 Å².